The Morgan fingerprint density at radius 2 is 2.06 bits per heavy atom. The van der Waals surface area contributed by atoms with Gasteiger partial charge in [0.2, 0.25) is 0 Å². The molecule has 0 saturated heterocycles. The summed E-state index contributed by atoms with van der Waals surface area (Å²) in [5, 5.41) is 3.74. The zero-order valence-corrected chi connectivity index (χ0v) is 12.1. The van der Waals surface area contributed by atoms with Crippen LogP contribution in [0.1, 0.15) is 19.4 Å². The molecule has 102 valence electrons. The highest BCUT2D eigenvalue weighted by molar-refractivity contribution is 6.32. The summed E-state index contributed by atoms with van der Waals surface area (Å²) < 4.78 is 11.2. The Hall–Kier alpha value is -0.770. The van der Waals surface area contributed by atoms with E-state index in [0.717, 1.165) is 24.5 Å². The standard InChI is InChI=1S/C14H22ClNO2/c1-11(2)10-17-7-8-18-14-12(9-16-3)5-4-6-13(14)15/h4-6,11,16H,7-10H2,1-3H3. The van der Waals surface area contributed by atoms with Crippen LogP contribution in [0.2, 0.25) is 5.02 Å². The largest absolute Gasteiger partial charge is 0.489 e. The van der Waals surface area contributed by atoms with Gasteiger partial charge in [0.1, 0.15) is 12.4 Å². The molecule has 0 atom stereocenters. The minimum absolute atomic E-state index is 0.521. The van der Waals surface area contributed by atoms with Crippen molar-refractivity contribution in [3.63, 3.8) is 0 Å². The summed E-state index contributed by atoms with van der Waals surface area (Å²) in [7, 11) is 1.90. The molecule has 1 rings (SSSR count). The maximum absolute atomic E-state index is 6.13. The number of hydrogen-bond donors (Lipinski definition) is 1. The summed E-state index contributed by atoms with van der Waals surface area (Å²) >= 11 is 6.13. The van der Waals surface area contributed by atoms with Gasteiger partial charge in [0.25, 0.3) is 0 Å². The van der Waals surface area contributed by atoms with Crippen LogP contribution in [0.5, 0.6) is 5.75 Å². The third-order valence-electron chi connectivity index (χ3n) is 2.34. The van der Waals surface area contributed by atoms with Gasteiger partial charge in [0.15, 0.2) is 0 Å². The minimum atomic E-state index is 0.521. The molecule has 0 aliphatic rings. The van der Waals surface area contributed by atoms with Crippen LogP contribution in [0.4, 0.5) is 0 Å². The molecule has 4 heteroatoms. The van der Waals surface area contributed by atoms with E-state index in [1.54, 1.807) is 0 Å². The number of nitrogens with one attached hydrogen (secondary N) is 1. The third kappa shape index (κ3) is 5.25. The van der Waals surface area contributed by atoms with Crippen molar-refractivity contribution in [3.05, 3.63) is 28.8 Å². The summed E-state index contributed by atoms with van der Waals surface area (Å²) in [4.78, 5) is 0. The second-order valence-electron chi connectivity index (χ2n) is 4.58. The maximum atomic E-state index is 6.13. The maximum Gasteiger partial charge on any atom is 0.142 e. The Labute approximate surface area is 114 Å². The smallest absolute Gasteiger partial charge is 0.142 e. The first-order valence-corrected chi connectivity index (χ1v) is 6.65. The van der Waals surface area contributed by atoms with E-state index in [-0.39, 0.29) is 0 Å². The van der Waals surface area contributed by atoms with Crippen molar-refractivity contribution in [2.75, 3.05) is 26.9 Å². The lowest BCUT2D eigenvalue weighted by Gasteiger charge is -2.13. The van der Waals surface area contributed by atoms with Gasteiger partial charge in [-0.1, -0.05) is 37.6 Å². The van der Waals surface area contributed by atoms with E-state index in [9.17, 15) is 0 Å². The van der Waals surface area contributed by atoms with Gasteiger partial charge < -0.3 is 14.8 Å². The van der Waals surface area contributed by atoms with E-state index >= 15 is 0 Å². The highest BCUT2D eigenvalue weighted by Crippen LogP contribution is 2.28. The number of benzene rings is 1. The molecular formula is C14H22ClNO2. The van der Waals surface area contributed by atoms with Crippen LogP contribution in [-0.2, 0) is 11.3 Å². The van der Waals surface area contributed by atoms with E-state index in [0.29, 0.717) is 24.2 Å². The van der Waals surface area contributed by atoms with E-state index in [4.69, 9.17) is 21.1 Å². The highest BCUT2D eigenvalue weighted by atomic mass is 35.5. The van der Waals surface area contributed by atoms with Crippen molar-refractivity contribution in [2.24, 2.45) is 5.92 Å². The zero-order valence-electron chi connectivity index (χ0n) is 11.3. The number of ether oxygens (including phenoxy) is 2. The van der Waals surface area contributed by atoms with E-state index in [2.05, 4.69) is 19.2 Å². The fraction of sp³-hybridized carbons (Fsp3) is 0.571. The molecule has 0 fully saturated rings. The van der Waals surface area contributed by atoms with Crippen LogP contribution in [0.3, 0.4) is 0 Å². The summed E-state index contributed by atoms with van der Waals surface area (Å²) in [6.45, 7) is 6.85. The molecule has 1 N–H and O–H groups in total. The van der Waals surface area contributed by atoms with Crippen LogP contribution >= 0.6 is 11.6 Å². The predicted molar refractivity (Wildman–Crippen MR) is 75.4 cm³/mol. The summed E-state index contributed by atoms with van der Waals surface area (Å²) in [6.07, 6.45) is 0. The first kappa shape index (κ1) is 15.3. The Morgan fingerprint density at radius 3 is 2.72 bits per heavy atom. The Morgan fingerprint density at radius 1 is 1.28 bits per heavy atom. The van der Waals surface area contributed by atoms with Crippen molar-refractivity contribution in [1.82, 2.24) is 5.32 Å². The van der Waals surface area contributed by atoms with E-state index in [1.807, 2.05) is 25.2 Å². The SMILES string of the molecule is CNCc1cccc(Cl)c1OCCOCC(C)C. The quantitative estimate of drug-likeness (QED) is 0.737. The van der Waals surface area contributed by atoms with Gasteiger partial charge in [-0.3, -0.25) is 0 Å². The van der Waals surface area contributed by atoms with Gasteiger partial charge >= 0.3 is 0 Å². The van der Waals surface area contributed by atoms with Gasteiger partial charge in [0.05, 0.1) is 11.6 Å². The van der Waals surface area contributed by atoms with Crippen LogP contribution in [0.15, 0.2) is 18.2 Å². The minimum Gasteiger partial charge on any atom is -0.489 e. The molecule has 0 bridgehead atoms. The van der Waals surface area contributed by atoms with E-state index in [1.165, 1.54) is 0 Å². The first-order chi connectivity index (χ1) is 8.65. The van der Waals surface area contributed by atoms with Crippen molar-refractivity contribution in [1.29, 1.82) is 0 Å². The normalized spacial score (nSPS) is 10.9. The molecule has 18 heavy (non-hydrogen) atoms. The highest BCUT2D eigenvalue weighted by Gasteiger charge is 2.07. The molecule has 0 saturated carbocycles. The molecule has 3 nitrogen and oxygen atoms in total. The fourth-order valence-electron chi connectivity index (χ4n) is 1.57. The molecule has 0 spiro atoms. The Balaban J connectivity index is 2.45. The molecule has 1 aromatic carbocycles. The Bertz CT molecular complexity index is 356. The number of halogens is 1. The second kappa shape index (κ2) is 8.35. The monoisotopic (exact) mass is 271 g/mol. The lowest BCUT2D eigenvalue weighted by Crippen LogP contribution is -2.12. The number of hydrogen-bond acceptors (Lipinski definition) is 3. The Kier molecular flexibility index (Phi) is 7.09. The molecule has 0 heterocycles. The molecule has 0 radical (unpaired) electrons. The van der Waals surface area contributed by atoms with Crippen molar-refractivity contribution in [3.8, 4) is 5.75 Å². The lowest BCUT2D eigenvalue weighted by molar-refractivity contribution is 0.0816. The average molecular weight is 272 g/mol. The molecule has 0 aliphatic heterocycles. The molecule has 0 aliphatic carbocycles. The first-order valence-electron chi connectivity index (χ1n) is 6.27. The van der Waals surface area contributed by atoms with Gasteiger partial charge in [-0.05, 0) is 19.0 Å². The molecule has 1 aromatic rings. The average Bonchev–Trinajstić information content (AvgIpc) is 2.32. The predicted octanol–water partition coefficient (Wildman–Crippen LogP) is 3.11. The number of rotatable bonds is 8. The van der Waals surface area contributed by atoms with Gasteiger partial charge in [-0.15, -0.1) is 0 Å². The molecule has 0 unspecified atom stereocenters. The van der Waals surface area contributed by atoms with Crippen molar-refractivity contribution in [2.45, 2.75) is 20.4 Å². The summed E-state index contributed by atoms with van der Waals surface area (Å²) in [6, 6.07) is 5.77. The zero-order chi connectivity index (χ0) is 13.4. The molecule has 0 aromatic heterocycles. The summed E-state index contributed by atoms with van der Waals surface area (Å²) in [5.74, 6) is 1.30. The summed E-state index contributed by atoms with van der Waals surface area (Å²) in [5.41, 5.74) is 1.06. The van der Waals surface area contributed by atoms with Crippen molar-refractivity contribution >= 4 is 11.6 Å². The topological polar surface area (TPSA) is 30.5 Å². The fourth-order valence-corrected chi connectivity index (χ4v) is 1.82. The second-order valence-corrected chi connectivity index (χ2v) is 4.98. The lowest BCUT2D eigenvalue weighted by atomic mass is 10.2. The third-order valence-corrected chi connectivity index (χ3v) is 2.64. The van der Waals surface area contributed by atoms with Crippen LogP contribution in [-0.4, -0.2) is 26.9 Å². The number of para-hydroxylation sites is 1. The van der Waals surface area contributed by atoms with Crippen LogP contribution < -0.4 is 10.1 Å². The van der Waals surface area contributed by atoms with Crippen LogP contribution in [0.25, 0.3) is 0 Å². The van der Waals surface area contributed by atoms with Gasteiger partial charge in [0, 0.05) is 18.7 Å². The van der Waals surface area contributed by atoms with Crippen molar-refractivity contribution < 1.29 is 9.47 Å². The van der Waals surface area contributed by atoms with E-state index < -0.39 is 0 Å². The van der Waals surface area contributed by atoms with Crippen LogP contribution in [0, 0.1) is 5.92 Å². The molecule has 0 amide bonds. The van der Waals surface area contributed by atoms with Gasteiger partial charge in [-0.2, -0.15) is 0 Å². The van der Waals surface area contributed by atoms with Gasteiger partial charge in [-0.25, -0.2) is 0 Å². The molecular weight excluding hydrogens is 250 g/mol.